The van der Waals surface area contributed by atoms with Crippen molar-refractivity contribution < 1.29 is 19.4 Å². The van der Waals surface area contributed by atoms with Crippen molar-refractivity contribution in [3.63, 3.8) is 0 Å². The molecule has 1 fully saturated rings. The largest absolute Gasteiger partial charge is 0.478 e. The number of nitrogens with zero attached hydrogens (tertiary/aromatic N) is 1. The van der Waals surface area contributed by atoms with Crippen molar-refractivity contribution in [2.24, 2.45) is 0 Å². The first-order valence-corrected chi connectivity index (χ1v) is 7.41. The van der Waals surface area contributed by atoms with Crippen molar-refractivity contribution in [1.82, 2.24) is 4.90 Å². The molecule has 5 nitrogen and oxygen atoms in total. The summed E-state index contributed by atoms with van der Waals surface area (Å²) in [7, 11) is 0. The molecule has 1 aliphatic heterocycles. The predicted molar refractivity (Wildman–Crippen MR) is 76.1 cm³/mol. The van der Waals surface area contributed by atoms with Crippen molar-refractivity contribution in [3.05, 3.63) is 29.8 Å². The Morgan fingerprint density at radius 1 is 1.45 bits per heavy atom. The van der Waals surface area contributed by atoms with E-state index >= 15 is 0 Å². The first-order chi connectivity index (χ1) is 9.58. The lowest BCUT2D eigenvalue weighted by molar-refractivity contribution is -0.135. The third-order valence-electron chi connectivity index (χ3n) is 3.06. The van der Waals surface area contributed by atoms with Crippen LogP contribution in [0.1, 0.15) is 17.3 Å². The van der Waals surface area contributed by atoms with E-state index in [9.17, 15) is 9.59 Å². The van der Waals surface area contributed by atoms with E-state index in [4.69, 9.17) is 9.84 Å². The van der Waals surface area contributed by atoms with Crippen LogP contribution in [0.2, 0.25) is 0 Å². The van der Waals surface area contributed by atoms with Crippen LogP contribution in [0.5, 0.6) is 0 Å². The highest BCUT2D eigenvalue weighted by Gasteiger charge is 2.21. The van der Waals surface area contributed by atoms with Crippen molar-refractivity contribution in [3.8, 4) is 0 Å². The topological polar surface area (TPSA) is 66.8 Å². The van der Waals surface area contributed by atoms with Crippen molar-refractivity contribution >= 4 is 23.6 Å². The smallest absolute Gasteiger partial charge is 0.336 e. The van der Waals surface area contributed by atoms with E-state index in [-0.39, 0.29) is 23.3 Å². The van der Waals surface area contributed by atoms with E-state index < -0.39 is 5.97 Å². The second kappa shape index (κ2) is 6.76. The molecule has 1 unspecified atom stereocenters. The number of thioether (sulfide) groups is 1. The molecule has 20 heavy (non-hydrogen) atoms. The van der Waals surface area contributed by atoms with Crippen molar-refractivity contribution in [1.29, 1.82) is 0 Å². The van der Waals surface area contributed by atoms with Crippen molar-refractivity contribution in [2.75, 3.05) is 25.4 Å². The highest BCUT2D eigenvalue weighted by atomic mass is 32.2. The number of aromatic carboxylic acids is 1. The standard InChI is InChI=1S/C14H17NO4S/c1-10-8-15(6-7-19-10)13(16)9-20-12-5-3-2-4-11(12)14(17)18/h2-5,10H,6-9H2,1H3,(H,17,18). The summed E-state index contributed by atoms with van der Waals surface area (Å²) in [5.41, 5.74) is 0.237. The highest BCUT2D eigenvalue weighted by Crippen LogP contribution is 2.23. The molecule has 0 radical (unpaired) electrons. The number of carboxylic acid groups (broad SMARTS) is 1. The molecule has 2 rings (SSSR count). The van der Waals surface area contributed by atoms with E-state index in [0.717, 1.165) is 0 Å². The summed E-state index contributed by atoms with van der Waals surface area (Å²) in [5, 5.41) is 9.09. The highest BCUT2D eigenvalue weighted by molar-refractivity contribution is 8.00. The fraction of sp³-hybridized carbons (Fsp3) is 0.429. The molecular formula is C14H17NO4S. The predicted octanol–water partition coefficient (Wildman–Crippen LogP) is 1.72. The van der Waals surface area contributed by atoms with E-state index in [1.54, 1.807) is 29.2 Å². The Kier molecular flexibility index (Phi) is 5.03. The lowest BCUT2D eigenvalue weighted by Gasteiger charge is -2.31. The van der Waals surface area contributed by atoms with Gasteiger partial charge in [-0.3, -0.25) is 4.79 Å². The number of carboxylic acids is 1. The number of carbonyl (C=O) groups is 2. The van der Waals surface area contributed by atoms with Gasteiger partial charge in [-0.15, -0.1) is 11.8 Å². The Morgan fingerprint density at radius 3 is 2.90 bits per heavy atom. The summed E-state index contributed by atoms with van der Waals surface area (Å²) in [6.07, 6.45) is 0.0593. The first kappa shape index (κ1) is 14.9. The summed E-state index contributed by atoms with van der Waals surface area (Å²) < 4.78 is 5.39. The molecule has 1 saturated heterocycles. The van der Waals surface area contributed by atoms with Crippen LogP contribution in [0.15, 0.2) is 29.2 Å². The van der Waals surface area contributed by atoms with Gasteiger partial charge < -0.3 is 14.7 Å². The summed E-state index contributed by atoms with van der Waals surface area (Å²) >= 11 is 1.27. The molecule has 1 aromatic rings. The summed E-state index contributed by atoms with van der Waals surface area (Å²) in [6.45, 7) is 3.69. The van der Waals surface area contributed by atoms with E-state index in [1.807, 2.05) is 6.92 Å². The van der Waals surface area contributed by atoms with Crippen LogP contribution >= 0.6 is 11.8 Å². The maximum atomic E-state index is 12.1. The minimum Gasteiger partial charge on any atom is -0.478 e. The number of hydrogen-bond acceptors (Lipinski definition) is 4. The Hall–Kier alpha value is -1.53. The van der Waals surface area contributed by atoms with E-state index in [2.05, 4.69) is 0 Å². The van der Waals surface area contributed by atoms with Crippen LogP contribution in [0.4, 0.5) is 0 Å². The van der Waals surface area contributed by atoms with Gasteiger partial charge >= 0.3 is 5.97 Å². The molecule has 1 amide bonds. The molecule has 1 atom stereocenters. The van der Waals surface area contributed by atoms with Crippen LogP contribution in [-0.4, -0.2) is 53.4 Å². The zero-order chi connectivity index (χ0) is 14.5. The lowest BCUT2D eigenvalue weighted by atomic mass is 10.2. The van der Waals surface area contributed by atoms with Gasteiger partial charge in [-0.05, 0) is 19.1 Å². The lowest BCUT2D eigenvalue weighted by Crippen LogP contribution is -2.45. The summed E-state index contributed by atoms with van der Waals surface area (Å²) in [4.78, 5) is 25.6. The van der Waals surface area contributed by atoms with Gasteiger partial charge in [-0.25, -0.2) is 4.79 Å². The molecule has 0 spiro atoms. The molecule has 1 heterocycles. The van der Waals surface area contributed by atoms with E-state index in [1.165, 1.54) is 11.8 Å². The first-order valence-electron chi connectivity index (χ1n) is 6.42. The minimum atomic E-state index is -0.972. The molecule has 0 aliphatic carbocycles. The number of amides is 1. The van der Waals surface area contributed by atoms with Gasteiger partial charge in [-0.1, -0.05) is 12.1 Å². The van der Waals surface area contributed by atoms with Gasteiger partial charge in [0.15, 0.2) is 0 Å². The van der Waals surface area contributed by atoms with Gasteiger partial charge in [0.1, 0.15) is 0 Å². The molecule has 0 aromatic heterocycles. The molecule has 0 bridgehead atoms. The number of hydrogen-bond donors (Lipinski definition) is 1. The zero-order valence-electron chi connectivity index (χ0n) is 11.2. The average molecular weight is 295 g/mol. The van der Waals surface area contributed by atoms with Crippen LogP contribution < -0.4 is 0 Å². The Balaban J connectivity index is 1.95. The second-order valence-corrected chi connectivity index (χ2v) is 5.63. The summed E-state index contributed by atoms with van der Waals surface area (Å²) in [5.74, 6) is -0.706. The minimum absolute atomic E-state index is 0.0188. The van der Waals surface area contributed by atoms with Gasteiger partial charge in [0, 0.05) is 18.0 Å². The van der Waals surface area contributed by atoms with Crippen LogP contribution in [0.3, 0.4) is 0 Å². The molecule has 108 valence electrons. The molecule has 6 heteroatoms. The van der Waals surface area contributed by atoms with Gasteiger partial charge in [0.25, 0.3) is 0 Å². The number of ether oxygens (including phenoxy) is 1. The monoisotopic (exact) mass is 295 g/mol. The quantitative estimate of drug-likeness (QED) is 0.857. The Bertz CT molecular complexity index is 506. The molecule has 1 aromatic carbocycles. The fourth-order valence-electron chi connectivity index (χ4n) is 2.04. The second-order valence-electron chi connectivity index (χ2n) is 4.61. The Labute approximate surface area is 121 Å². The van der Waals surface area contributed by atoms with Gasteiger partial charge in [-0.2, -0.15) is 0 Å². The van der Waals surface area contributed by atoms with Crippen LogP contribution in [0.25, 0.3) is 0 Å². The maximum Gasteiger partial charge on any atom is 0.336 e. The number of carbonyl (C=O) groups excluding carboxylic acids is 1. The van der Waals surface area contributed by atoms with E-state index in [0.29, 0.717) is 24.6 Å². The molecule has 1 aliphatic rings. The molecular weight excluding hydrogens is 278 g/mol. The maximum absolute atomic E-state index is 12.1. The number of morpholine rings is 1. The Morgan fingerprint density at radius 2 is 2.20 bits per heavy atom. The SMILES string of the molecule is CC1CN(C(=O)CSc2ccccc2C(=O)O)CCO1. The van der Waals surface area contributed by atoms with Crippen molar-refractivity contribution in [2.45, 2.75) is 17.9 Å². The number of rotatable bonds is 4. The molecule has 1 N–H and O–H groups in total. The molecule has 0 saturated carbocycles. The van der Waals surface area contributed by atoms with Gasteiger partial charge in [0.2, 0.25) is 5.91 Å². The average Bonchev–Trinajstić information content (AvgIpc) is 2.45. The fourth-order valence-corrected chi connectivity index (χ4v) is 2.99. The zero-order valence-corrected chi connectivity index (χ0v) is 12.1. The van der Waals surface area contributed by atoms with Gasteiger partial charge in [0.05, 0.1) is 24.0 Å². The third kappa shape index (κ3) is 3.74. The number of benzene rings is 1. The third-order valence-corrected chi connectivity index (χ3v) is 4.12. The normalized spacial score (nSPS) is 18.9. The van der Waals surface area contributed by atoms with Crippen LogP contribution in [-0.2, 0) is 9.53 Å². The summed E-state index contributed by atoms with van der Waals surface area (Å²) in [6, 6.07) is 6.73. The van der Waals surface area contributed by atoms with Crippen LogP contribution in [0, 0.1) is 0 Å².